The van der Waals surface area contributed by atoms with Gasteiger partial charge in [-0.05, 0) is 38.5 Å². The molecule has 0 unspecified atom stereocenters. The summed E-state index contributed by atoms with van der Waals surface area (Å²) in [7, 11) is 0. The van der Waals surface area contributed by atoms with E-state index in [4.69, 9.17) is 0 Å². The number of carbonyl (C=O) groups excluding carboxylic acids is 1. The van der Waals surface area contributed by atoms with Crippen molar-refractivity contribution >= 4 is 5.91 Å². The van der Waals surface area contributed by atoms with Crippen molar-refractivity contribution in [2.45, 2.75) is 199 Å². The average molecular weight is 552 g/mol. The van der Waals surface area contributed by atoms with Gasteiger partial charge >= 0.3 is 0 Å². The van der Waals surface area contributed by atoms with Crippen LogP contribution in [0.5, 0.6) is 0 Å². The lowest BCUT2D eigenvalue weighted by Gasteiger charge is -2.22. The average Bonchev–Trinajstić information content (AvgIpc) is 2.94. The van der Waals surface area contributed by atoms with Gasteiger partial charge in [0.1, 0.15) is 0 Å². The standard InChI is InChI=1S/C35H69NO3/c1-3-5-7-9-11-13-15-17-19-20-22-24-26-28-30-34(38)33(32-37)36-35(39)31-29-27-25-23-21-18-16-14-12-10-8-6-4-2/h20,22,33-34,37-38H,3-19,21,23-32H2,1-2H3,(H,36,39)/b22-20+/t33-,34+/m0/s1. The number of amides is 1. The Morgan fingerprint density at radius 2 is 0.974 bits per heavy atom. The van der Waals surface area contributed by atoms with Crippen molar-refractivity contribution < 1.29 is 15.0 Å². The lowest BCUT2D eigenvalue weighted by atomic mass is 10.0. The summed E-state index contributed by atoms with van der Waals surface area (Å²) in [4.78, 5) is 12.3. The molecule has 3 N–H and O–H groups in total. The number of carbonyl (C=O) groups is 1. The molecule has 232 valence electrons. The van der Waals surface area contributed by atoms with E-state index in [1.54, 1.807) is 0 Å². The van der Waals surface area contributed by atoms with Gasteiger partial charge in [-0.1, -0.05) is 154 Å². The first kappa shape index (κ1) is 38.1. The van der Waals surface area contributed by atoms with Crippen molar-refractivity contribution in [3.8, 4) is 0 Å². The van der Waals surface area contributed by atoms with Crippen LogP contribution in [0.25, 0.3) is 0 Å². The number of unbranched alkanes of at least 4 members (excludes halogenated alkanes) is 22. The molecule has 0 heterocycles. The zero-order chi connectivity index (χ0) is 28.7. The molecule has 0 aromatic carbocycles. The maximum absolute atomic E-state index is 12.3. The number of hydrogen-bond donors (Lipinski definition) is 3. The molecule has 0 aromatic heterocycles. The third kappa shape index (κ3) is 28.5. The predicted octanol–water partition coefficient (Wildman–Crippen LogP) is 9.95. The number of aliphatic hydroxyl groups excluding tert-OH is 2. The molecular formula is C35H69NO3. The van der Waals surface area contributed by atoms with Crippen LogP contribution in [-0.2, 0) is 4.79 Å². The smallest absolute Gasteiger partial charge is 0.220 e. The topological polar surface area (TPSA) is 69.6 Å². The van der Waals surface area contributed by atoms with Gasteiger partial charge in [0, 0.05) is 6.42 Å². The van der Waals surface area contributed by atoms with Gasteiger partial charge in [-0.15, -0.1) is 0 Å². The van der Waals surface area contributed by atoms with Gasteiger partial charge < -0.3 is 15.5 Å². The molecule has 39 heavy (non-hydrogen) atoms. The number of aliphatic hydroxyl groups is 2. The van der Waals surface area contributed by atoms with Gasteiger partial charge in [-0.2, -0.15) is 0 Å². The highest BCUT2D eigenvalue weighted by Crippen LogP contribution is 2.14. The quantitative estimate of drug-likeness (QED) is 0.0593. The Kier molecular flexibility index (Phi) is 30.9. The van der Waals surface area contributed by atoms with Crippen LogP contribution in [0.3, 0.4) is 0 Å². The van der Waals surface area contributed by atoms with Crippen LogP contribution >= 0.6 is 0 Å². The molecule has 0 saturated carbocycles. The van der Waals surface area contributed by atoms with Crippen molar-refractivity contribution in [1.82, 2.24) is 5.32 Å². The molecule has 0 aromatic rings. The van der Waals surface area contributed by atoms with Gasteiger partial charge in [-0.25, -0.2) is 0 Å². The Morgan fingerprint density at radius 3 is 1.41 bits per heavy atom. The first-order chi connectivity index (χ1) is 19.2. The second kappa shape index (κ2) is 31.7. The zero-order valence-corrected chi connectivity index (χ0v) is 26.4. The van der Waals surface area contributed by atoms with E-state index in [0.29, 0.717) is 12.8 Å². The largest absolute Gasteiger partial charge is 0.394 e. The molecule has 0 radical (unpaired) electrons. The first-order valence-electron chi connectivity index (χ1n) is 17.4. The van der Waals surface area contributed by atoms with Crippen molar-refractivity contribution in [2.75, 3.05) is 6.61 Å². The maximum atomic E-state index is 12.3. The summed E-state index contributed by atoms with van der Waals surface area (Å²) in [6.07, 6.45) is 36.9. The molecule has 4 nitrogen and oxygen atoms in total. The Bertz CT molecular complexity index is 522. The number of allylic oxidation sites excluding steroid dienone is 2. The summed E-state index contributed by atoms with van der Waals surface area (Å²) in [5.74, 6) is -0.0416. The van der Waals surface area contributed by atoms with Crippen molar-refractivity contribution in [3.05, 3.63) is 12.2 Å². The second-order valence-electron chi connectivity index (χ2n) is 11.9. The van der Waals surface area contributed by atoms with Crippen LogP contribution < -0.4 is 5.32 Å². The predicted molar refractivity (Wildman–Crippen MR) is 170 cm³/mol. The van der Waals surface area contributed by atoms with E-state index >= 15 is 0 Å². The Morgan fingerprint density at radius 1 is 0.590 bits per heavy atom. The third-order valence-corrected chi connectivity index (χ3v) is 8.03. The fraction of sp³-hybridized carbons (Fsp3) is 0.914. The number of nitrogens with one attached hydrogen (secondary N) is 1. The molecule has 0 bridgehead atoms. The summed E-state index contributed by atoms with van der Waals surface area (Å²) in [5.41, 5.74) is 0. The Labute approximate surface area is 244 Å². The van der Waals surface area contributed by atoms with E-state index in [1.807, 2.05) is 0 Å². The van der Waals surface area contributed by atoms with Crippen molar-refractivity contribution in [3.63, 3.8) is 0 Å². The molecule has 0 saturated heterocycles. The van der Waals surface area contributed by atoms with E-state index in [-0.39, 0.29) is 12.5 Å². The van der Waals surface area contributed by atoms with Crippen LogP contribution in [0.4, 0.5) is 0 Å². The van der Waals surface area contributed by atoms with Crippen LogP contribution in [0.1, 0.15) is 187 Å². The minimum absolute atomic E-state index is 0.0416. The highest BCUT2D eigenvalue weighted by Gasteiger charge is 2.19. The minimum atomic E-state index is -0.674. The molecule has 0 fully saturated rings. The van der Waals surface area contributed by atoms with Crippen molar-refractivity contribution in [1.29, 1.82) is 0 Å². The zero-order valence-electron chi connectivity index (χ0n) is 26.4. The molecule has 1 amide bonds. The van der Waals surface area contributed by atoms with Crippen molar-refractivity contribution in [2.24, 2.45) is 0 Å². The first-order valence-corrected chi connectivity index (χ1v) is 17.4. The van der Waals surface area contributed by atoms with Gasteiger partial charge in [-0.3, -0.25) is 4.79 Å². The van der Waals surface area contributed by atoms with E-state index in [2.05, 4.69) is 31.3 Å². The van der Waals surface area contributed by atoms with E-state index in [9.17, 15) is 15.0 Å². The summed E-state index contributed by atoms with van der Waals surface area (Å²) in [5, 5.41) is 23.0. The highest BCUT2D eigenvalue weighted by molar-refractivity contribution is 5.76. The summed E-state index contributed by atoms with van der Waals surface area (Å²) < 4.78 is 0. The number of rotatable bonds is 31. The van der Waals surface area contributed by atoms with Gasteiger partial charge in [0.25, 0.3) is 0 Å². The minimum Gasteiger partial charge on any atom is -0.394 e. The molecule has 0 spiro atoms. The van der Waals surface area contributed by atoms with E-state index < -0.39 is 12.1 Å². The highest BCUT2D eigenvalue weighted by atomic mass is 16.3. The van der Waals surface area contributed by atoms with Gasteiger partial charge in [0.2, 0.25) is 5.91 Å². The molecule has 4 heteroatoms. The molecule has 0 aliphatic heterocycles. The lowest BCUT2D eigenvalue weighted by molar-refractivity contribution is -0.123. The summed E-state index contributed by atoms with van der Waals surface area (Å²) in [6, 6.07) is -0.544. The SMILES string of the molecule is CCCCCCCCCC/C=C/CCCC[C@@H](O)[C@H](CO)NC(=O)CCCCCCCCCCCCCCC. The third-order valence-electron chi connectivity index (χ3n) is 8.03. The summed E-state index contributed by atoms with van der Waals surface area (Å²) in [6.45, 7) is 4.33. The second-order valence-corrected chi connectivity index (χ2v) is 11.9. The Balaban J connectivity index is 3.60. The van der Waals surface area contributed by atoms with Gasteiger partial charge in [0.05, 0.1) is 18.8 Å². The fourth-order valence-electron chi connectivity index (χ4n) is 5.29. The van der Waals surface area contributed by atoms with Crippen LogP contribution in [0.15, 0.2) is 12.2 Å². The molecule has 2 atom stereocenters. The number of hydrogen-bond acceptors (Lipinski definition) is 3. The van der Waals surface area contributed by atoms with E-state index in [1.165, 1.54) is 128 Å². The van der Waals surface area contributed by atoms with Crippen LogP contribution in [0, 0.1) is 0 Å². The Hall–Kier alpha value is -0.870. The maximum Gasteiger partial charge on any atom is 0.220 e. The molecular weight excluding hydrogens is 482 g/mol. The van der Waals surface area contributed by atoms with Crippen LogP contribution in [0.2, 0.25) is 0 Å². The van der Waals surface area contributed by atoms with Crippen LogP contribution in [-0.4, -0.2) is 34.9 Å². The summed E-state index contributed by atoms with van der Waals surface area (Å²) >= 11 is 0. The van der Waals surface area contributed by atoms with Gasteiger partial charge in [0.15, 0.2) is 0 Å². The molecule has 0 rings (SSSR count). The molecule has 0 aliphatic rings. The fourth-order valence-corrected chi connectivity index (χ4v) is 5.29. The van der Waals surface area contributed by atoms with E-state index in [0.717, 1.165) is 32.1 Å². The monoisotopic (exact) mass is 552 g/mol. The molecule has 0 aliphatic carbocycles. The lowest BCUT2D eigenvalue weighted by Crippen LogP contribution is -2.45. The normalized spacial score (nSPS) is 13.2.